The van der Waals surface area contributed by atoms with E-state index in [2.05, 4.69) is 27.0 Å². The molecule has 1 heterocycles. The Morgan fingerprint density at radius 1 is 1.21 bits per heavy atom. The maximum Gasteiger partial charge on any atom is 0.234 e. The summed E-state index contributed by atoms with van der Waals surface area (Å²) >= 11 is 1.40. The predicted octanol–water partition coefficient (Wildman–Crippen LogP) is 4.35. The third kappa shape index (κ3) is 5.44. The first kappa shape index (κ1) is 20.6. The van der Waals surface area contributed by atoms with E-state index in [1.807, 2.05) is 0 Å². The van der Waals surface area contributed by atoms with E-state index >= 15 is 0 Å². The maximum absolute atomic E-state index is 12.3. The highest BCUT2D eigenvalue weighted by Crippen LogP contribution is 2.27. The molecule has 1 aliphatic rings. The van der Waals surface area contributed by atoms with Crippen LogP contribution in [0.2, 0.25) is 0 Å². The molecule has 1 aliphatic carbocycles. The Labute approximate surface area is 170 Å². The van der Waals surface area contributed by atoms with Crippen LogP contribution in [0.5, 0.6) is 0 Å². The van der Waals surface area contributed by atoms with Crippen LogP contribution in [0.3, 0.4) is 0 Å². The van der Waals surface area contributed by atoms with Crippen LogP contribution in [-0.4, -0.2) is 32.2 Å². The molecule has 7 heteroatoms. The van der Waals surface area contributed by atoms with E-state index < -0.39 is 0 Å². The van der Waals surface area contributed by atoms with E-state index in [1.54, 1.807) is 24.3 Å². The molecule has 0 aliphatic heterocycles. The number of benzene rings is 1. The van der Waals surface area contributed by atoms with Gasteiger partial charge in [-0.3, -0.25) is 9.59 Å². The van der Waals surface area contributed by atoms with Gasteiger partial charge in [-0.1, -0.05) is 56.0 Å². The minimum Gasteiger partial charge on any atom is -0.325 e. The van der Waals surface area contributed by atoms with Gasteiger partial charge in [-0.25, -0.2) is 0 Å². The number of carbonyl (C=O) groups is 2. The summed E-state index contributed by atoms with van der Waals surface area (Å²) in [7, 11) is 0. The molecule has 150 valence electrons. The summed E-state index contributed by atoms with van der Waals surface area (Å²) in [4.78, 5) is 23.8. The second-order valence-corrected chi connectivity index (χ2v) is 8.27. The summed E-state index contributed by atoms with van der Waals surface area (Å²) < 4.78 is 2.13. The fourth-order valence-corrected chi connectivity index (χ4v) is 4.51. The largest absolute Gasteiger partial charge is 0.325 e. The third-order valence-electron chi connectivity index (χ3n) is 5.19. The third-order valence-corrected chi connectivity index (χ3v) is 6.16. The van der Waals surface area contributed by atoms with Crippen molar-refractivity contribution in [1.82, 2.24) is 14.8 Å². The zero-order valence-corrected chi connectivity index (χ0v) is 17.4. The number of rotatable bonds is 8. The number of carbonyl (C=O) groups excluding carboxylic acids is 2. The second-order valence-electron chi connectivity index (χ2n) is 7.33. The summed E-state index contributed by atoms with van der Waals surface area (Å²) in [5, 5.41) is 12.4. The highest BCUT2D eigenvalue weighted by molar-refractivity contribution is 7.99. The maximum atomic E-state index is 12.3. The van der Waals surface area contributed by atoms with Crippen molar-refractivity contribution in [2.24, 2.45) is 5.92 Å². The van der Waals surface area contributed by atoms with Crippen LogP contribution in [0.4, 0.5) is 5.69 Å². The van der Waals surface area contributed by atoms with Gasteiger partial charge in [0.25, 0.3) is 0 Å². The lowest BCUT2D eigenvalue weighted by Crippen LogP contribution is -2.16. The van der Waals surface area contributed by atoms with Crippen molar-refractivity contribution in [2.45, 2.75) is 64.1 Å². The van der Waals surface area contributed by atoms with Gasteiger partial charge in [0.15, 0.2) is 10.9 Å². The molecule has 1 N–H and O–H groups in total. The highest BCUT2D eigenvalue weighted by atomic mass is 32.2. The van der Waals surface area contributed by atoms with Crippen LogP contribution < -0.4 is 5.32 Å². The standard InChI is InChI=1S/C21H28N4O2S/c1-3-25-19(12-16-8-5-4-6-9-16)23-24-21(25)28-14-20(27)22-18-11-7-10-17(13-18)15(2)26/h7,10-11,13,16H,3-6,8-9,12,14H2,1-2H3,(H,22,27). The van der Waals surface area contributed by atoms with Crippen LogP contribution in [0.25, 0.3) is 0 Å². The SMILES string of the molecule is CCn1c(CC2CCCCC2)nnc1SCC(=O)Nc1cccc(C(C)=O)c1. The number of amides is 1. The molecule has 1 aromatic heterocycles. The monoisotopic (exact) mass is 400 g/mol. The lowest BCUT2D eigenvalue weighted by molar-refractivity contribution is -0.113. The zero-order valence-electron chi connectivity index (χ0n) is 16.6. The lowest BCUT2D eigenvalue weighted by Gasteiger charge is -2.21. The quantitative estimate of drug-likeness (QED) is 0.526. The number of nitrogens with zero attached hydrogens (tertiary/aromatic N) is 3. The molecule has 0 unspecified atom stereocenters. The van der Waals surface area contributed by atoms with Crippen LogP contribution in [0, 0.1) is 5.92 Å². The highest BCUT2D eigenvalue weighted by Gasteiger charge is 2.19. The van der Waals surface area contributed by atoms with Gasteiger partial charge in [0, 0.05) is 24.2 Å². The Balaban J connectivity index is 1.57. The van der Waals surface area contributed by atoms with E-state index in [1.165, 1.54) is 50.8 Å². The number of ketones is 1. The topological polar surface area (TPSA) is 76.9 Å². The first-order valence-corrected chi connectivity index (χ1v) is 11.0. The molecule has 0 atom stereocenters. The number of hydrogen-bond donors (Lipinski definition) is 1. The number of hydrogen-bond acceptors (Lipinski definition) is 5. The molecule has 1 aromatic carbocycles. The molecule has 6 nitrogen and oxygen atoms in total. The van der Waals surface area contributed by atoms with Crippen molar-refractivity contribution in [1.29, 1.82) is 0 Å². The number of anilines is 1. The first-order chi connectivity index (χ1) is 13.6. The molecule has 0 spiro atoms. The van der Waals surface area contributed by atoms with E-state index in [9.17, 15) is 9.59 Å². The zero-order chi connectivity index (χ0) is 19.9. The second kappa shape index (κ2) is 9.87. The van der Waals surface area contributed by atoms with E-state index in [4.69, 9.17) is 0 Å². The van der Waals surface area contributed by atoms with Crippen molar-refractivity contribution < 1.29 is 9.59 Å². The molecule has 2 aromatic rings. The Kier molecular flexibility index (Phi) is 7.25. The number of nitrogens with one attached hydrogen (secondary N) is 1. The Morgan fingerprint density at radius 2 is 2.00 bits per heavy atom. The number of thioether (sulfide) groups is 1. The Hall–Kier alpha value is -2.15. The lowest BCUT2D eigenvalue weighted by atomic mass is 9.87. The van der Waals surface area contributed by atoms with Gasteiger partial charge in [-0.2, -0.15) is 0 Å². The van der Waals surface area contributed by atoms with Gasteiger partial charge in [-0.05, 0) is 31.9 Å². The van der Waals surface area contributed by atoms with Crippen LogP contribution in [0.15, 0.2) is 29.4 Å². The normalized spacial score (nSPS) is 14.8. The van der Waals surface area contributed by atoms with Gasteiger partial charge in [0.1, 0.15) is 5.82 Å². The average molecular weight is 401 g/mol. The van der Waals surface area contributed by atoms with Crippen LogP contribution in [-0.2, 0) is 17.8 Å². The first-order valence-electron chi connectivity index (χ1n) is 10.0. The van der Waals surface area contributed by atoms with Gasteiger partial charge >= 0.3 is 0 Å². The van der Waals surface area contributed by atoms with Gasteiger partial charge in [0.05, 0.1) is 5.75 Å². The minimum atomic E-state index is -0.120. The van der Waals surface area contributed by atoms with E-state index in [-0.39, 0.29) is 17.4 Å². The van der Waals surface area contributed by atoms with Crippen molar-refractivity contribution in [3.8, 4) is 0 Å². The summed E-state index contributed by atoms with van der Waals surface area (Å²) in [5.74, 6) is 1.85. The summed E-state index contributed by atoms with van der Waals surface area (Å²) in [6, 6.07) is 6.99. The molecule has 1 amide bonds. The van der Waals surface area contributed by atoms with E-state index in [0.29, 0.717) is 17.2 Å². The van der Waals surface area contributed by atoms with Crippen LogP contribution >= 0.6 is 11.8 Å². The molecule has 1 saturated carbocycles. The Bertz CT molecular complexity index is 828. The molecule has 0 bridgehead atoms. The molecule has 0 radical (unpaired) electrons. The minimum absolute atomic E-state index is 0.0213. The predicted molar refractivity (Wildman–Crippen MR) is 112 cm³/mol. The van der Waals surface area contributed by atoms with Crippen LogP contribution in [0.1, 0.15) is 62.1 Å². The molecule has 0 saturated heterocycles. The summed E-state index contributed by atoms with van der Waals surface area (Å²) in [6.45, 7) is 4.41. The van der Waals surface area contributed by atoms with Crippen molar-refractivity contribution in [3.63, 3.8) is 0 Å². The van der Waals surface area contributed by atoms with Crippen molar-refractivity contribution in [2.75, 3.05) is 11.1 Å². The number of Topliss-reactive ketones (excluding diaryl/α,β-unsaturated/α-hetero) is 1. The van der Waals surface area contributed by atoms with Gasteiger partial charge in [0.2, 0.25) is 5.91 Å². The Morgan fingerprint density at radius 3 is 2.71 bits per heavy atom. The molecule has 1 fully saturated rings. The van der Waals surface area contributed by atoms with Gasteiger partial charge in [-0.15, -0.1) is 10.2 Å². The average Bonchev–Trinajstić information content (AvgIpc) is 3.08. The summed E-state index contributed by atoms with van der Waals surface area (Å²) in [6.07, 6.45) is 7.52. The molecule has 3 rings (SSSR count). The van der Waals surface area contributed by atoms with Crippen molar-refractivity contribution >= 4 is 29.1 Å². The molecular formula is C21H28N4O2S. The van der Waals surface area contributed by atoms with Crippen molar-refractivity contribution in [3.05, 3.63) is 35.7 Å². The molecule has 28 heavy (non-hydrogen) atoms. The molecular weight excluding hydrogens is 372 g/mol. The number of aromatic nitrogens is 3. The smallest absolute Gasteiger partial charge is 0.234 e. The summed E-state index contributed by atoms with van der Waals surface area (Å²) in [5.41, 5.74) is 1.22. The van der Waals surface area contributed by atoms with Gasteiger partial charge < -0.3 is 9.88 Å². The fourth-order valence-electron chi connectivity index (χ4n) is 3.69. The fraction of sp³-hybridized carbons (Fsp3) is 0.524. The van der Waals surface area contributed by atoms with E-state index in [0.717, 1.165) is 23.9 Å².